The van der Waals surface area contributed by atoms with Gasteiger partial charge in [-0.2, -0.15) is 0 Å². The zero-order valence-electron chi connectivity index (χ0n) is 13.2. The fourth-order valence-corrected chi connectivity index (χ4v) is 2.38. The van der Waals surface area contributed by atoms with Crippen LogP contribution in [-0.4, -0.2) is 24.9 Å². The second kappa shape index (κ2) is 7.68. The van der Waals surface area contributed by atoms with E-state index in [1.165, 1.54) is 6.92 Å². The summed E-state index contributed by atoms with van der Waals surface area (Å²) in [5.41, 5.74) is 1.68. The molecule has 4 nitrogen and oxygen atoms in total. The Hall–Kier alpha value is -1.75. The number of halogens is 2. The van der Waals surface area contributed by atoms with Gasteiger partial charge in [-0.15, -0.1) is 0 Å². The monoisotopic (exact) mass is 352 g/mol. The summed E-state index contributed by atoms with van der Waals surface area (Å²) >= 11 is 11.9. The van der Waals surface area contributed by atoms with Crippen molar-refractivity contribution in [3.8, 4) is 11.5 Å². The van der Waals surface area contributed by atoms with E-state index >= 15 is 0 Å². The lowest BCUT2D eigenvalue weighted by Crippen LogP contribution is -2.12. The summed E-state index contributed by atoms with van der Waals surface area (Å²) < 4.78 is 5.92. The third-order valence-corrected chi connectivity index (χ3v) is 3.73. The Labute approximate surface area is 146 Å². The number of amides is 1. The largest absolute Gasteiger partial charge is 0.457 e. The van der Waals surface area contributed by atoms with Gasteiger partial charge in [-0.3, -0.25) is 4.79 Å². The van der Waals surface area contributed by atoms with Crippen molar-refractivity contribution in [2.45, 2.75) is 13.5 Å². The maximum Gasteiger partial charge on any atom is 0.221 e. The zero-order valence-corrected chi connectivity index (χ0v) is 14.7. The summed E-state index contributed by atoms with van der Waals surface area (Å²) in [7, 11) is 3.93. The van der Waals surface area contributed by atoms with Crippen LogP contribution in [0.5, 0.6) is 11.5 Å². The lowest BCUT2D eigenvalue weighted by atomic mass is 10.1. The van der Waals surface area contributed by atoms with Crippen molar-refractivity contribution < 1.29 is 9.53 Å². The highest BCUT2D eigenvalue weighted by atomic mass is 35.5. The topological polar surface area (TPSA) is 41.6 Å². The van der Waals surface area contributed by atoms with Gasteiger partial charge in [-0.05, 0) is 44.4 Å². The number of rotatable bonds is 5. The molecule has 0 aromatic heterocycles. The Morgan fingerprint density at radius 3 is 2.48 bits per heavy atom. The Morgan fingerprint density at radius 1 is 1.13 bits per heavy atom. The number of hydrogen-bond donors (Lipinski definition) is 1. The highest BCUT2D eigenvalue weighted by Crippen LogP contribution is 2.32. The van der Waals surface area contributed by atoms with E-state index in [-0.39, 0.29) is 5.91 Å². The fraction of sp³-hybridized carbons (Fsp3) is 0.235. The number of benzene rings is 2. The Morgan fingerprint density at radius 2 is 1.87 bits per heavy atom. The van der Waals surface area contributed by atoms with Crippen LogP contribution in [-0.2, 0) is 11.3 Å². The number of nitrogens with one attached hydrogen (secondary N) is 1. The average molecular weight is 353 g/mol. The maximum absolute atomic E-state index is 11.2. The molecule has 2 aromatic rings. The Balaban J connectivity index is 2.31. The van der Waals surface area contributed by atoms with Crippen LogP contribution >= 0.6 is 23.2 Å². The molecule has 0 aliphatic rings. The molecule has 0 atom stereocenters. The van der Waals surface area contributed by atoms with Gasteiger partial charge in [0, 0.05) is 30.8 Å². The van der Waals surface area contributed by atoms with E-state index in [1.54, 1.807) is 24.3 Å². The second-order valence-electron chi connectivity index (χ2n) is 5.42. The summed E-state index contributed by atoms with van der Waals surface area (Å²) in [6, 6.07) is 10.6. The second-order valence-corrected chi connectivity index (χ2v) is 6.23. The highest BCUT2D eigenvalue weighted by molar-refractivity contribution is 6.42. The van der Waals surface area contributed by atoms with Gasteiger partial charge >= 0.3 is 0 Å². The summed E-state index contributed by atoms with van der Waals surface area (Å²) in [5, 5.41) is 3.69. The van der Waals surface area contributed by atoms with Crippen molar-refractivity contribution in [3.05, 3.63) is 52.0 Å². The van der Waals surface area contributed by atoms with Gasteiger partial charge in [0.15, 0.2) is 0 Å². The van der Waals surface area contributed by atoms with Crippen molar-refractivity contribution in [1.29, 1.82) is 0 Å². The van der Waals surface area contributed by atoms with Crippen molar-refractivity contribution in [1.82, 2.24) is 4.90 Å². The van der Waals surface area contributed by atoms with E-state index in [9.17, 15) is 4.79 Å². The quantitative estimate of drug-likeness (QED) is 0.839. The number of carbonyl (C=O) groups is 1. The molecule has 0 aliphatic carbocycles. The van der Waals surface area contributed by atoms with Crippen LogP contribution in [0.2, 0.25) is 10.0 Å². The predicted octanol–water partition coefficient (Wildman–Crippen LogP) is 4.81. The molecule has 0 aliphatic heterocycles. The van der Waals surface area contributed by atoms with Gasteiger partial charge in [0.25, 0.3) is 0 Å². The number of anilines is 1. The number of carbonyl (C=O) groups excluding carboxylic acids is 1. The summed E-state index contributed by atoms with van der Waals surface area (Å²) in [5.74, 6) is 1.19. The summed E-state index contributed by atoms with van der Waals surface area (Å²) in [4.78, 5) is 13.2. The SMILES string of the molecule is CC(=O)Nc1ccc(Oc2ccc(Cl)c(Cl)c2)c(CN(C)C)c1. The van der Waals surface area contributed by atoms with E-state index in [0.29, 0.717) is 28.1 Å². The van der Waals surface area contributed by atoms with E-state index in [1.807, 2.05) is 31.1 Å². The van der Waals surface area contributed by atoms with E-state index < -0.39 is 0 Å². The van der Waals surface area contributed by atoms with Crippen molar-refractivity contribution in [2.24, 2.45) is 0 Å². The van der Waals surface area contributed by atoms with Crippen LogP contribution in [0.3, 0.4) is 0 Å². The zero-order chi connectivity index (χ0) is 17.0. The molecule has 1 N–H and O–H groups in total. The molecule has 1 amide bonds. The van der Waals surface area contributed by atoms with Crippen molar-refractivity contribution >= 4 is 34.8 Å². The van der Waals surface area contributed by atoms with Crippen LogP contribution in [0.4, 0.5) is 5.69 Å². The third-order valence-electron chi connectivity index (χ3n) is 2.99. The highest BCUT2D eigenvalue weighted by Gasteiger charge is 2.10. The van der Waals surface area contributed by atoms with E-state index in [0.717, 1.165) is 11.3 Å². The first-order valence-corrected chi connectivity index (χ1v) is 7.79. The van der Waals surface area contributed by atoms with Gasteiger partial charge in [0.2, 0.25) is 5.91 Å². The first-order chi connectivity index (χ1) is 10.8. The van der Waals surface area contributed by atoms with Crippen LogP contribution in [0.1, 0.15) is 12.5 Å². The molecule has 0 saturated carbocycles. The first kappa shape index (κ1) is 17.6. The number of nitrogens with zero attached hydrogens (tertiary/aromatic N) is 1. The van der Waals surface area contributed by atoms with E-state index in [4.69, 9.17) is 27.9 Å². The standard InChI is InChI=1S/C17H18Cl2N2O2/c1-11(22)20-13-4-7-17(12(8-13)10-21(2)3)23-14-5-6-15(18)16(19)9-14/h4-9H,10H2,1-3H3,(H,20,22). The van der Waals surface area contributed by atoms with Gasteiger partial charge in [0.1, 0.15) is 11.5 Å². The lowest BCUT2D eigenvalue weighted by molar-refractivity contribution is -0.114. The predicted molar refractivity (Wildman–Crippen MR) is 94.7 cm³/mol. The fourth-order valence-electron chi connectivity index (χ4n) is 2.09. The number of hydrogen-bond acceptors (Lipinski definition) is 3. The van der Waals surface area contributed by atoms with Gasteiger partial charge in [-0.25, -0.2) is 0 Å². The average Bonchev–Trinajstić information content (AvgIpc) is 2.44. The molecule has 0 bridgehead atoms. The molecule has 0 unspecified atom stereocenters. The molecule has 23 heavy (non-hydrogen) atoms. The first-order valence-electron chi connectivity index (χ1n) is 7.03. The molecule has 0 heterocycles. The minimum absolute atomic E-state index is 0.112. The van der Waals surface area contributed by atoms with Crippen LogP contribution < -0.4 is 10.1 Å². The molecule has 122 valence electrons. The molecule has 6 heteroatoms. The normalized spacial score (nSPS) is 10.7. The third kappa shape index (κ3) is 5.13. The smallest absolute Gasteiger partial charge is 0.221 e. The molecular formula is C17H18Cl2N2O2. The van der Waals surface area contributed by atoms with Gasteiger partial charge in [0.05, 0.1) is 10.0 Å². The van der Waals surface area contributed by atoms with Gasteiger partial charge < -0.3 is 15.0 Å². The molecule has 2 rings (SSSR count). The Kier molecular flexibility index (Phi) is 5.88. The van der Waals surface area contributed by atoms with Gasteiger partial charge in [-0.1, -0.05) is 23.2 Å². The molecule has 0 spiro atoms. The van der Waals surface area contributed by atoms with Crippen molar-refractivity contribution in [2.75, 3.05) is 19.4 Å². The Bertz CT molecular complexity index is 718. The molecule has 0 radical (unpaired) electrons. The molecule has 0 saturated heterocycles. The molecular weight excluding hydrogens is 335 g/mol. The summed E-state index contributed by atoms with van der Waals surface area (Å²) in [6.45, 7) is 2.15. The van der Waals surface area contributed by atoms with Crippen LogP contribution in [0.25, 0.3) is 0 Å². The number of ether oxygens (including phenoxy) is 1. The maximum atomic E-state index is 11.2. The summed E-state index contributed by atoms with van der Waals surface area (Å²) in [6.07, 6.45) is 0. The minimum atomic E-state index is -0.112. The molecule has 0 fully saturated rings. The minimum Gasteiger partial charge on any atom is -0.457 e. The van der Waals surface area contributed by atoms with Crippen LogP contribution in [0.15, 0.2) is 36.4 Å². The van der Waals surface area contributed by atoms with E-state index in [2.05, 4.69) is 5.32 Å². The van der Waals surface area contributed by atoms with Crippen LogP contribution in [0, 0.1) is 0 Å². The van der Waals surface area contributed by atoms with Crippen molar-refractivity contribution in [3.63, 3.8) is 0 Å². The molecule has 2 aromatic carbocycles. The lowest BCUT2D eigenvalue weighted by Gasteiger charge is -2.16.